The number of amides is 1. The molecule has 0 bridgehead atoms. The second-order valence-electron chi connectivity index (χ2n) is 5.59. The number of para-hydroxylation sites is 1. The number of benzene rings is 1. The molecule has 5 heteroatoms. The first-order chi connectivity index (χ1) is 10.7. The fourth-order valence-corrected chi connectivity index (χ4v) is 2.64. The molecule has 0 spiro atoms. The van der Waals surface area contributed by atoms with E-state index < -0.39 is 0 Å². The second kappa shape index (κ2) is 6.56. The molecule has 0 radical (unpaired) electrons. The van der Waals surface area contributed by atoms with Crippen LogP contribution in [0.1, 0.15) is 35.3 Å². The van der Waals surface area contributed by atoms with Gasteiger partial charge in [0.05, 0.1) is 0 Å². The Kier molecular flexibility index (Phi) is 4.32. The molecule has 1 amide bonds. The highest BCUT2D eigenvalue weighted by molar-refractivity contribution is 6.03. The normalized spacial score (nSPS) is 14.7. The van der Waals surface area contributed by atoms with Crippen molar-refractivity contribution >= 4 is 17.4 Å². The van der Waals surface area contributed by atoms with Crippen molar-refractivity contribution in [1.82, 2.24) is 10.2 Å². The minimum Gasteiger partial charge on any atom is -0.355 e. The van der Waals surface area contributed by atoms with Crippen LogP contribution in [0.5, 0.6) is 0 Å². The Morgan fingerprint density at radius 1 is 1.05 bits per heavy atom. The lowest BCUT2D eigenvalue weighted by molar-refractivity contribution is 0.102. The lowest BCUT2D eigenvalue weighted by Crippen LogP contribution is -2.30. The molecule has 1 N–H and O–H groups in total. The maximum absolute atomic E-state index is 12.2. The fraction of sp³-hybridized carbons (Fsp3) is 0.353. The lowest BCUT2D eigenvalue weighted by atomic mass is 10.1. The van der Waals surface area contributed by atoms with Gasteiger partial charge in [-0.05, 0) is 49.9 Å². The molecular weight excluding hydrogens is 276 g/mol. The Morgan fingerprint density at radius 3 is 2.50 bits per heavy atom. The molecule has 22 heavy (non-hydrogen) atoms. The van der Waals surface area contributed by atoms with Gasteiger partial charge in [-0.25, -0.2) is 0 Å². The third-order valence-corrected chi connectivity index (χ3v) is 3.96. The van der Waals surface area contributed by atoms with Gasteiger partial charge < -0.3 is 10.2 Å². The van der Waals surface area contributed by atoms with Crippen molar-refractivity contribution in [2.75, 3.05) is 23.3 Å². The number of anilines is 2. The van der Waals surface area contributed by atoms with Gasteiger partial charge in [0.2, 0.25) is 0 Å². The van der Waals surface area contributed by atoms with Crippen molar-refractivity contribution in [3.05, 3.63) is 47.7 Å². The van der Waals surface area contributed by atoms with Crippen LogP contribution >= 0.6 is 0 Å². The fourth-order valence-electron chi connectivity index (χ4n) is 2.64. The molecule has 114 valence electrons. The van der Waals surface area contributed by atoms with Crippen LogP contribution < -0.4 is 10.2 Å². The van der Waals surface area contributed by atoms with E-state index in [1.54, 1.807) is 6.07 Å². The Hall–Kier alpha value is -2.43. The largest absolute Gasteiger partial charge is 0.355 e. The van der Waals surface area contributed by atoms with E-state index in [1.807, 2.05) is 37.3 Å². The van der Waals surface area contributed by atoms with Crippen LogP contribution in [0.15, 0.2) is 36.4 Å². The molecule has 0 unspecified atom stereocenters. The average Bonchev–Trinajstić information content (AvgIpc) is 2.58. The van der Waals surface area contributed by atoms with Crippen molar-refractivity contribution in [3.63, 3.8) is 0 Å². The number of aromatic nitrogens is 2. The number of carbonyl (C=O) groups excluding carboxylic acids is 1. The van der Waals surface area contributed by atoms with Crippen molar-refractivity contribution in [2.45, 2.75) is 26.2 Å². The summed E-state index contributed by atoms with van der Waals surface area (Å²) >= 11 is 0. The molecule has 0 saturated carbocycles. The Balaban J connectivity index is 1.69. The van der Waals surface area contributed by atoms with Crippen molar-refractivity contribution in [3.8, 4) is 0 Å². The summed E-state index contributed by atoms with van der Waals surface area (Å²) in [6.45, 7) is 3.99. The van der Waals surface area contributed by atoms with Crippen molar-refractivity contribution < 1.29 is 4.79 Å². The summed E-state index contributed by atoms with van der Waals surface area (Å²) < 4.78 is 0. The van der Waals surface area contributed by atoms with Crippen LogP contribution in [0.3, 0.4) is 0 Å². The number of hydrogen-bond acceptors (Lipinski definition) is 4. The highest BCUT2D eigenvalue weighted by Gasteiger charge is 2.14. The number of piperidine rings is 1. The summed E-state index contributed by atoms with van der Waals surface area (Å²) in [7, 11) is 0. The third kappa shape index (κ3) is 3.24. The first kappa shape index (κ1) is 14.5. The van der Waals surface area contributed by atoms with Crippen LogP contribution in [0, 0.1) is 6.92 Å². The van der Waals surface area contributed by atoms with E-state index in [4.69, 9.17) is 0 Å². The minimum atomic E-state index is -0.230. The Labute approximate surface area is 130 Å². The van der Waals surface area contributed by atoms with Gasteiger partial charge in [0.25, 0.3) is 5.91 Å². The van der Waals surface area contributed by atoms with Crippen LogP contribution in [0.2, 0.25) is 0 Å². The molecule has 3 rings (SSSR count). The summed E-state index contributed by atoms with van der Waals surface area (Å²) in [6, 6.07) is 11.3. The maximum atomic E-state index is 12.2. The number of rotatable bonds is 3. The van der Waals surface area contributed by atoms with Gasteiger partial charge in [-0.15, -0.1) is 10.2 Å². The van der Waals surface area contributed by atoms with E-state index in [0.29, 0.717) is 5.69 Å². The minimum absolute atomic E-state index is 0.230. The number of nitrogens with one attached hydrogen (secondary N) is 1. The van der Waals surface area contributed by atoms with Gasteiger partial charge in [0.15, 0.2) is 11.5 Å². The lowest BCUT2D eigenvalue weighted by Gasteiger charge is -2.27. The van der Waals surface area contributed by atoms with E-state index in [1.165, 1.54) is 19.3 Å². The average molecular weight is 296 g/mol. The predicted octanol–water partition coefficient (Wildman–Crippen LogP) is 3.03. The zero-order valence-corrected chi connectivity index (χ0v) is 12.7. The monoisotopic (exact) mass is 296 g/mol. The maximum Gasteiger partial charge on any atom is 0.276 e. The molecule has 1 aliphatic heterocycles. The van der Waals surface area contributed by atoms with Gasteiger partial charge >= 0.3 is 0 Å². The van der Waals surface area contributed by atoms with E-state index in [-0.39, 0.29) is 5.91 Å². The number of nitrogens with zero attached hydrogens (tertiary/aromatic N) is 3. The molecule has 0 aliphatic carbocycles. The number of hydrogen-bond donors (Lipinski definition) is 1. The summed E-state index contributed by atoms with van der Waals surface area (Å²) in [5.41, 5.74) is 2.16. The molecule has 1 aromatic carbocycles. The predicted molar refractivity (Wildman–Crippen MR) is 87.2 cm³/mol. The number of aryl methyl sites for hydroxylation is 1. The summed E-state index contributed by atoms with van der Waals surface area (Å²) in [4.78, 5) is 14.4. The Morgan fingerprint density at radius 2 is 1.82 bits per heavy atom. The first-order valence-electron chi connectivity index (χ1n) is 7.70. The van der Waals surface area contributed by atoms with Crippen LogP contribution in [-0.4, -0.2) is 29.2 Å². The van der Waals surface area contributed by atoms with Gasteiger partial charge in [-0.3, -0.25) is 4.79 Å². The van der Waals surface area contributed by atoms with Crippen LogP contribution in [0.25, 0.3) is 0 Å². The standard InChI is InChI=1S/C17H20N4O/c1-13-7-3-4-8-14(13)18-17(22)15-9-10-16(20-19-15)21-11-5-2-6-12-21/h3-4,7-10H,2,5-6,11-12H2,1H3,(H,18,22). The molecule has 2 aromatic rings. The second-order valence-corrected chi connectivity index (χ2v) is 5.59. The Bertz CT molecular complexity index is 648. The highest BCUT2D eigenvalue weighted by atomic mass is 16.1. The number of carbonyl (C=O) groups is 1. The van der Waals surface area contributed by atoms with Crippen molar-refractivity contribution in [2.24, 2.45) is 0 Å². The quantitative estimate of drug-likeness (QED) is 0.946. The molecule has 0 atom stereocenters. The molecule has 5 nitrogen and oxygen atoms in total. The zero-order valence-electron chi connectivity index (χ0n) is 12.7. The highest BCUT2D eigenvalue weighted by Crippen LogP contribution is 2.17. The van der Waals surface area contributed by atoms with E-state index in [0.717, 1.165) is 30.2 Å². The zero-order chi connectivity index (χ0) is 15.4. The van der Waals surface area contributed by atoms with E-state index >= 15 is 0 Å². The van der Waals surface area contributed by atoms with Gasteiger partial charge in [0, 0.05) is 18.8 Å². The molecule has 1 aromatic heterocycles. The molecule has 1 aliphatic rings. The first-order valence-corrected chi connectivity index (χ1v) is 7.70. The third-order valence-electron chi connectivity index (χ3n) is 3.96. The topological polar surface area (TPSA) is 58.1 Å². The molecule has 1 fully saturated rings. The van der Waals surface area contributed by atoms with E-state index in [9.17, 15) is 4.79 Å². The molecular formula is C17H20N4O. The van der Waals surface area contributed by atoms with E-state index in [2.05, 4.69) is 20.4 Å². The summed E-state index contributed by atoms with van der Waals surface area (Å²) in [5.74, 6) is 0.624. The van der Waals surface area contributed by atoms with Gasteiger partial charge in [-0.1, -0.05) is 18.2 Å². The SMILES string of the molecule is Cc1ccccc1NC(=O)c1ccc(N2CCCCC2)nn1. The summed E-state index contributed by atoms with van der Waals surface area (Å²) in [5, 5.41) is 11.1. The molecule has 2 heterocycles. The van der Waals surface area contributed by atoms with Gasteiger partial charge in [0.1, 0.15) is 0 Å². The smallest absolute Gasteiger partial charge is 0.276 e. The summed E-state index contributed by atoms with van der Waals surface area (Å²) in [6.07, 6.45) is 3.66. The van der Waals surface area contributed by atoms with Crippen molar-refractivity contribution in [1.29, 1.82) is 0 Å². The molecule has 1 saturated heterocycles. The van der Waals surface area contributed by atoms with Crippen LogP contribution in [0.4, 0.5) is 11.5 Å². The van der Waals surface area contributed by atoms with Gasteiger partial charge in [-0.2, -0.15) is 0 Å². The van der Waals surface area contributed by atoms with Crippen LogP contribution in [-0.2, 0) is 0 Å².